The molecule has 2 aliphatic rings. The van der Waals surface area contributed by atoms with E-state index in [2.05, 4.69) is 20.3 Å². The molecule has 0 spiro atoms. The first-order valence-corrected chi connectivity index (χ1v) is 12.2. The number of amides is 1. The Labute approximate surface area is 211 Å². The molecular formula is C23H21F5N6O2S. The van der Waals surface area contributed by atoms with Gasteiger partial charge in [0.25, 0.3) is 0 Å². The van der Waals surface area contributed by atoms with Gasteiger partial charge in [0.15, 0.2) is 11.8 Å². The highest BCUT2D eigenvalue weighted by Crippen LogP contribution is 2.40. The Balaban J connectivity index is 1.33. The molecule has 0 saturated carbocycles. The first-order chi connectivity index (χ1) is 17.5. The fourth-order valence-electron chi connectivity index (χ4n) is 4.58. The molecule has 8 nitrogen and oxygen atoms in total. The van der Waals surface area contributed by atoms with Gasteiger partial charge in [-0.2, -0.15) is 18.3 Å². The summed E-state index contributed by atoms with van der Waals surface area (Å²) in [7, 11) is 0. The van der Waals surface area contributed by atoms with Gasteiger partial charge in [0.1, 0.15) is 23.0 Å². The summed E-state index contributed by atoms with van der Waals surface area (Å²) in [6.07, 6.45) is -5.04. The van der Waals surface area contributed by atoms with E-state index >= 15 is 0 Å². The van der Waals surface area contributed by atoms with Crippen LogP contribution in [0.4, 0.5) is 27.6 Å². The largest absolute Gasteiger partial charge is 0.437 e. The molecule has 0 radical (unpaired) electrons. The lowest BCUT2D eigenvalue weighted by Gasteiger charge is -2.42. The maximum absolute atomic E-state index is 14.1. The van der Waals surface area contributed by atoms with Gasteiger partial charge in [-0.3, -0.25) is 19.9 Å². The number of carbonyl (C=O) groups is 1. The number of hydrazine groups is 1. The summed E-state index contributed by atoms with van der Waals surface area (Å²) in [5.74, 6) is -2.10. The molecule has 5 rings (SSSR count). The highest BCUT2D eigenvalue weighted by atomic mass is 32.1. The number of benzene rings is 1. The third-order valence-corrected chi connectivity index (χ3v) is 7.34. The minimum absolute atomic E-state index is 0.121. The van der Waals surface area contributed by atoms with E-state index in [0.717, 1.165) is 12.1 Å². The molecule has 2 aliphatic heterocycles. The quantitative estimate of drug-likeness (QED) is 0.466. The van der Waals surface area contributed by atoms with E-state index in [9.17, 15) is 26.7 Å². The highest BCUT2D eigenvalue weighted by Gasteiger charge is 2.42. The topological polar surface area (TPSA) is 86.7 Å². The van der Waals surface area contributed by atoms with Crippen molar-refractivity contribution in [2.24, 2.45) is 5.16 Å². The molecule has 2 atom stereocenters. The van der Waals surface area contributed by atoms with Crippen molar-refractivity contribution in [3.63, 3.8) is 0 Å². The highest BCUT2D eigenvalue weighted by molar-refractivity contribution is 7.10. The second kappa shape index (κ2) is 9.39. The van der Waals surface area contributed by atoms with Crippen molar-refractivity contribution < 1.29 is 31.6 Å². The number of thiazole rings is 1. The van der Waals surface area contributed by atoms with Crippen molar-refractivity contribution in [2.75, 3.05) is 18.1 Å². The Bertz CT molecular complexity index is 1350. The number of carbonyl (C=O) groups excluding carboxylic acids is 1. The third-order valence-electron chi connectivity index (χ3n) is 6.34. The molecule has 1 N–H and O–H groups in total. The van der Waals surface area contributed by atoms with Gasteiger partial charge in [-0.25, -0.2) is 13.8 Å². The molecular weight excluding hydrogens is 519 g/mol. The number of halogens is 5. The van der Waals surface area contributed by atoms with Crippen LogP contribution in [0.15, 0.2) is 28.7 Å². The SMILES string of the molecule is CC(=O)N1CC(c2nc(C3=NOC(c4c(F)cccc4F)C3)cs2)CCN1c1c(C(F)(F)F)n[nH]c1C. The zero-order valence-corrected chi connectivity index (χ0v) is 20.5. The molecule has 1 aromatic carbocycles. The summed E-state index contributed by atoms with van der Waals surface area (Å²) in [6, 6.07) is 3.57. The minimum Gasteiger partial charge on any atom is -0.387 e. The van der Waals surface area contributed by atoms with Gasteiger partial charge in [0, 0.05) is 31.2 Å². The maximum atomic E-state index is 14.1. The minimum atomic E-state index is -4.68. The van der Waals surface area contributed by atoms with Crippen molar-refractivity contribution >= 4 is 28.6 Å². The standard InChI is InChI=1S/C23H21F5N6O2S/c1-11-20(21(31-30-11)23(26,27)28)33-7-6-13(9-34(33)12(2)35)22-29-17(10-37-22)16-8-18(36-32-16)19-14(24)4-3-5-15(19)25/h3-5,10,13,18H,6-9H2,1-2H3,(H,30,31). The molecule has 2 unspecified atom stereocenters. The Hall–Kier alpha value is -3.55. The molecule has 1 fully saturated rings. The van der Waals surface area contributed by atoms with Crippen molar-refractivity contribution in [3.05, 3.63) is 62.9 Å². The number of H-pyrrole nitrogens is 1. The van der Waals surface area contributed by atoms with Gasteiger partial charge in [-0.05, 0) is 25.5 Å². The number of nitrogens with zero attached hydrogens (tertiary/aromatic N) is 5. The van der Waals surface area contributed by atoms with Crippen LogP contribution >= 0.6 is 11.3 Å². The number of nitrogens with one attached hydrogen (secondary N) is 1. The third kappa shape index (κ3) is 4.65. The van der Waals surface area contributed by atoms with E-state index in [4.69, 9.17) is 4.84 Å². The van der Waals surface area contributed by atoms with Crippen LogP contribution < -0.4 is 5.01 Å². The molecule has 14 heteroatoms. The van der Waals surface area contributed by atoms with Gasteiger partial charge in [0.2, 0.25) is 5.91 Å². The number of aromatic amines is 1. The number of alkyl halides is 3. The van der Waals surface area contributed by atoms with Gasteiger partial charge in [-0.15, -0.1) is 11.3 Å². The summed E-state index contributed by atoms with van der Waals surface area (Å²) in [5, 5.41) is 14.8. The van der Waals surface area contributed by atoms with Crippen LogP contribution in [-0.4, -0.2) is 44.9 Å². The normalized spacial score (nSPS) is 20.2. The van der Waals surface area contributed by atoms with Crippen LogP contribution in [0.1, 0.15) is 59.4 Å². The Morgan fingerprint density at radius 2 is 1.97 bits per heavy atom. The first kappa shape index (κ1) is 25.1. The van der Waals surface area contributed by atoms with Crippen LogP contribution in [-0.2, 0) is 15.8 Å². The number of hydrogen-bond donors (Lipinski definition) is 1. The monoisotopic (exact) mass is 540 g/mol. The number of rotatable bonds is 4. The molecule has 4 heterocycles. The molecule has 196 valence electrons. The van der Waals surface area contributed by atoms with E-state index < -0.39 is 35.5 Å². The van der Waals surface area contributed by atoms with Crippen LogP contribution in [0.25, 0.3) is 0 Å². The molecule has 0 bridgehead atoms. The van der Waals surface area contributed by atoms with Crippen LogP contribution in [0.3, 0.4) is 0 Å². The van der Waals surface area contributed by atoms with Gasteiger partial charge in [-0.1, -0.05) is 11.2 Å². The van der Waals surface area contributed by atoms with E-state index in [1.54, 1.807) is 5.38 Å². The van der Waals surface area contributed by atoms with Crippen molar-refractivity contribution in [2.45, 2.75) is 44.9 Å². The Morgan fingerprint density at radius 1 is 1.24 bits per heavy atom. The second-order valence-electron chi connectivity index (χ2n) is 8.80. The summed E-state index contributed by atoms with van der Waals surface area (Å²) in [5.41, 5.74) is -0.334. The number of aromatic nitrogens is 3. The number of aryl methyl sites for hydroxylation is 1. The summed E-state index contributed by atoms with van der Waals surface area (Å²) >= 11 is 1.32. The molecule has 37 heavy (non-hydrogen) atoms. The summed E-state index contributed by atoms with van der Waals surface area (Å²) < 4.78 is 68.9. The van der Waals surface area contributed by atoms with E-state index in [1.807, 2.05) is 0 Å². The maximum Gasteiger partial charge on any atom is 0.437 e. The summed E-state index contributed by atoms with van der Waals surface area (Å²) in [4.78, 5) is 22.4. The second-order valence-corrected chi connectivity index (χ2v) is 9.69. The Kier molecular flexibility index (Phi) is 6.38. The number of oxime groups is 1. The molecule has 3 aromatic rings. The average Bonchev–Trinajstić information content (AvgIpc) is 3.58. The number of anilines is 1. The van der Waals surface area contributed by atoms with Gasteiger partial charge in [0.05, 0.1) is 28.5 Å². The average molecular weight is 541 g/mol. The van der Waals surface area contributed by atoms with E-state index in [0.29, 0.717) is 22.8 Å². The molecule has 2 aromatic heterocycles. The predicted molar refractivity (Wildman–Crippen MR) is 124 cm³/mol. The van der Waals surface area contributed by atoms with Crippen molar-refractivity contribution in [1.29, 1.82) is 0 Å². The lowest BCUT2D eigenvalue weighted by atomic mass is 10.0. The lowest BCUT2D eigenvalue weighted by molar-refractivity contribution is -0.141. The van der Waals surface area contributed by atoms with E-state index in [-0.39, 0.29) is 42.4 Å². The van der Waals surface area contributed by atoms with Crippen LogP contribution in [0, 0.1) is 18.6 Å². The zero-order valence-electron chi connectivity index (χ0n) is 19.6. The number of hydrogen-bond acceptors (Lipinski definition) is 7. The fourth-order valence-corrected chi connectivity index (χ4v) is 5.53. The lowest BCUT2D eigenvalue weighted by Crippen LogP contribution is -2.52. The molecule has 0 aliphatic carbocycles. The van der Waals surface area contributed by atoms with Gasteiger partial charge < -0.3 is 4.84 Å². The predicted octanol–water partition coefficient (Wildman–Crippen LogP) is 5.09. The van der Waals surface area contributed by atoms with Crippen molar-refractivity contribution in [1.82, 2.24) is 20.2 Å². The van der Waals surface area contributed by atoms with Gasteiger partial charge >= 0.3 is 6.18 Å². The summed E-state index contributed by atoms with van der Waals surface area (Å²) in [6.45, 7) is 3.02. The Morgan fingerprint density at radius 3 is 2.65 bits per heavy atom. The van der Waals surface area contributed by atoms with Crippen molar-refractivity contribution in [3.8, 4) is 0 Å². The molecule has 1 amide bonds. The smallest absolute Gasteiger partial charge is 0.387 e. The molecule has 1 saturated heterocycles. The fraction of sp³-hybridized carbons (Fsp3) is 0.391. The first-order valence-electron chi connectivity index (χ1n) is 11.3. The van der Waals surface area contributed by atoms with E-state index in [1.165, 1.54) is 41.3 Å². The zero-order chi connectivity index (χ0) is 26.5. The van der Waals surface area contributed by atoms with Crippen LogP contribution in [0.2, 0.25) is 0 Å². The van der Waals surface area contributed by atoms with Crippen LogP contribution in [0.5, 0.6) is 0 Å².